The predicted octanol–water partition coefficient (Wildman–Crippen LogP) is 23.8. The van der Waals surface area contributed by atoms with E-state index in [9.17, 15) is 0 Å². The van der Waals surface area contributed by atoms with Gasteiger partial charge in [0.05, 0.1) is 22.1 Å². The number of rotatable bonds is 11. The van der Waals surface area contributed by atoms with Crippen LogP contribution in [0, 0.1) is 13.8 Å². The molecule has 0 N–H and O–H groups in total. The molecule has 0 radical (unpaired) electrons. The van der Waals surface area contributed by atoms with E-state index in [1.54, 1.807) is 0 Å². The lowest BCUT2D eigenvalue weighted by atomic mass is 9.82. The van der Waals surface area contributed by atoms with Gasteiger partial charge in [-0.2, -0.15) is 0 Å². The highest BCUT2D eigenvalue weighted by atomic mass is 16.3. The Balaban J connectivity index is 0.867. The van der Waals surface area contributed by atoms with E-state index >= 15 is 0 Å². The van der Waals surface area contributed by atoms with Crippen molar-refractivity contribution in [1.82, 2.24) is 19.1 Å². The fourth-order valence-electron chi connectivity index (χ4n) is 14.5. The lowest BCUT2D eigenvalue weighted by Crippen LogP contribution is -1.99. The molecular formula is C88H58N4O2. The third-order valence-corrected chi connectivity index (χ3v) is 18.7. The van der Waals surface area contributed by atoms with E-state index in [0.29, 0.717) is 0 Å². The van der Waals surface area contributed by atoms with E-state index < -0.39 is 0 Å². The summed E-state index contributed by atoms with van der Waals surface area (Å²) in [7, 11) is 0. The maximum Gasteiger partial charge on any atom is 0.145 e. The van der Waals surface area contributed by atoms with Crippen LogP contribution in [0.3, 0.4) is 0 Å². The zero-order valence-corrected chi connectivity index (χ0v) is 51.6. The highest BCUT2D eigenvalue weighted by molar-refractivity contribution is 6.11. The lowest BCUT2D eigenvalue weighted by Gasteiger charge is -2.22. The van der Waals surface area contributed by atoms with Crippen LogP contribution < -0.4 is 0 Å². The number of benzene rings is 14. The van der Waals surface area contributed by atoms with Crippen molar-refractivity contribution in [2.45, 2.75) is 13.8 Å². The first kappa shape index (κ1) is 54.5. The van der Waals surface area contributed by atoms with Gasteiger partial charge in [0.15, 0.2) is 0 Å². The number of aryl methyl sites for hydroxylation is 2. The third kappa shape index (κ3) is 9.17. The van der Waals surface area contributed by atoms with Gasteiger partial charge in [-0.25, -0.2) is 9.97 Å². The van der Waals surface area contributed by atoms with E-state index in [4.69, 9.17) is 18.8 Å². The maximum atomic E-state index is 6.62. The Bertz CT molecular complexity index is 5630. The Kier molecular flexibility index (Phi) is 12.9. The van der Waals surface area contributed by atoms with Gasteiger partial charge < -0.3 is 8.83 Å². The van der Waals surface area contributed by atoms with Gasteiger partial charge >= 0.3 is 0 Å². The van der Waals surface area contributed by atoms with Crippen LogP contribution in [0.15, 0.2) is 324 Å². The van der Waals surface area contributed by atoms with Crippen LogP contribution in [-0.2, 0) is 0 Å². The Morgan fingerprint density at radius 2 is 0.617 bits per heavy atom. The van der Waals surface area contributed by atoms with Gasteiger partial charge in [-0.3, -0.25) is 9.13 Å². The second-order valence-electron chi connectivity index (χ2n) is 24.5. The average molecular weight is 1200 g/mol. The summed E-state index contributed by atoms with van der Waals surface area (Å²) in [6.45, 7) is 4.41. The van der Waals surface area contributed by atoms with Crippen LogP contribution in [0.2, 0.25) is 0 Å². The topological polar surface area (TPSA) is 61.9 Å². The largest absolute Gasteiger partial charge is 0.455 e. The lowest BCUT2D eigenvalue weighted by molar-refractivity contribution is 0.669. The molecule has 0 aliphatic heterocycles. The van der Waals surface area contributed by atoms with Gasteiger partial charge in [0.25, 0.3) is 0 Å². The van der Waals surface area contributed by atoms with Crippen molar-refractivity contribution in [3.05, 3.63) is 327 Å². The van der Waals surface area contributed by atoms with Crippen LogP contribution in [0.25, 0.3) is 178 Å². The summed E-state index contributed by atoms with van der Waals surface area (Å²) >= 11 is 0. The number of furan rings is 2. The van der Waals surface area contributed by atoms with E-state index in [-0.39, 0.29) is 0 Å². The number of nitrogens with zero attached hydrogens (tertiary/aromatic N) is 4. The minimum absolute atomic E-state index is 0.863. The molecular weight excluding hydrogens is 1140 g/mol. The number of para-hydroxylation sites is 10. The fraction of sp³-hybridized carbons (Fsp3) is 0.0227. The normalized spacial score (nSPS) is 11.7. The zero-order chi connectivity index (χ0) is 62.4. The first-order valence-electron chi connectivity index (χ1n) is 32.0. The Labute approximate surface area is 543 Å². The van der Waals surface area contributed by atoms with Crippen LogP contribution in [0.1, 0.15) is 11.1 Å². The molecule has 6 heteroatoms. The SMILES string of the molecule is Cc1cc(C)cc(-c2c(-c3ccc(-c4nc5ccccc5n4-c4ccccc4)cc3-c3ccc(-c4cccc5c4oc4ccccc45)cc3)cccc2-c2ccc(-c3nc4ccccc4n3-c3ccccc3)cc2-c2ccc(-c3cccc4c3oc3ccccc34)cc2)c1. The second kappa shape index (κ2) is 22.2. The van der Waals surface area contributed by atoms with E-state index in [1.165, 1.54) is 11.1 Å². The van der Waals surface area contributed by atoms with Gasteiger partial charge in [0.2, 0.25) is 0 Å². The molecule has 0 fully saturated rings. The molecule has 0 bridgehead atoms. The molecule has 0 saturated carbocycles. The van der Waals surface area contributed by atoms with Crippen molar-refractivity contribution in [3.8, 4) is 112 Å². The molecule has 4 heterocycles. The highest BCUT2D eigenvalue weighted by Gasteiger charge is 2.25. The van der Waals surface area contributed by atoms with Gasteiger partial charge in [-0.05, 0) is 153 Å². The molecule has 0 spiro atoms. The minimum atomic E-state index is 0.863. The quantitative estimate of drug-likeness (QED) is 0.129. The van der Waals surface area contributed by atoms with E-state index in [1.807, 2.05) is 24.3 Å². The molecule has 6 nitrogen and oxygen atoms in total. The molecule has 18 rings (SSSR count). The molecule has 18 aromatic rings. The maximum absolute atomic E-state index is 6.62. The Morgan fingerprint density at radius 1 is 0.255 bits per heavy atom. The number of fused-ring (bicyclic) bond motifs is 8. The first-order valence-corrected chi connectivity index (χ1v) is 32.0. The Morgan fingerprint density at radius 3 is 1.07 bits per heavy atom. The first-order chi connectivity index (χ1) is 46.4. The van der Waals surface area contributed by atoms with Gasteiger partial charge in [0, 0.05) is 55.2 Å². The van der Waals surface area contributed by atoms with E-state index in [2.05, 4.69) is 314 Å². The summed E-state index contributed by atoms with van der Waals surface area (Å²) in [5.41, 5.74) is 29.1. The zero-order valence-electron chi connectivity index (χ0n) is 51.6. The number of aromatic nitrogens is 4. The molecule has 0 unspecified atom stereocenters. The van der Waals surface area contributed by atoms with Crippen molar-refractivity contribution in [3.63, 3.8) is 0 Å². The predicted molar refractivity (Wildman–Crippen MR) is 389 cm³/mol. The van der Waals surface area contributed by atoms with Crippen molar-refractivity contribution in [1.29, 1.82) is 0 Å². The molecule has 0 saturated heterocycles. The Hall–Kier alpha value is -12.4. The summed E-state index contributed by atoms with van der Waals surface area (Å²) in [6.07, 6.45) is 0. The summed E-state index contributed by atoms with van der Waals surface area (Å²) in [5, 5.41) is 4.43. The van der Waals surface area contributed by atoms with Crippen molar-refractivity contribution >= 4 is 65.9 Å². The highest BCUT2D eigenvalue weighted by Crippen LogP contribution is 2.49. The summed E-state index contributed by atoms with van der Waals surface area (Å²) in [6, 6.07) is 113. The third-order valence-electron chi connectivity index (χ3n) is 18.7. The summed E-state index contributed by atoms with van der Waals surface area (Å²) < 4.78 is 17.8. The number of hydrogen-bond acceptors (Lipinski definition) is 4. The minimum Gasteiger partial charge on any atom is -0.455 e. The van der Waals surface area contributed by atoms with Crippen molar-refractivity contribution < 1.29 is 8.83 Å². The summed E-state index contributed by atoms with van der Waals surface area (Å²) in [5.74, 6) is 1.73. The number of hydrogen-bond donors (Lipinski definition) is 0. The summed E-state index contributed by atoms with van der Waals surface area (Å²) in [4.78, 5) is 10.8. The standard InChI is InChI=1S/C88H58N4O2/c1-55-50-56(2)52-63(51-55)84-72(68-48-46-61(87-89-78-32-11-13-34-80(78)91(87)64-20-5-3-6-21-64)53-76(68)59-42-38-57(39-43-59)66-26-17-30-74-70-24-9-15-36-82(70)93-85(66)74)28-19-29-73(84)69-49-47-62(88-90-79-33-12-14-35-81(79)92(88)65-22-7-4-8-23-65)54-77(69)60-44-40-58(41-45-60)67-27-18-31-75-71-25-10-16-37-83(71)94-86(67)75/h3-54H,1-2H3. The molecule has 0 aliphatic carbocycles. The molecule has 442 valence electrons. The molecule has 0 atom stereocenters. The molecule has 4 aromatic heterocycles. The van der Waals surface area contributed by atoms with Crippen LogP contribution in [0.4, 0.5) is 0 Å². The second-order valence-corrected chi connectivity index (χ2v) is 24.5. The van der Waals surface area contributed by atoms with Gasteiger partial charge in [-0.1, -0.05) is 254 Å². The van der Waals surface area contributed by atoms with Gasteiger partial charge in [0.1, 0.15) is 34.0 Å². The fourth-order valence-corrected chi connectivity index (χ4v) is 14.5. The van der Waals surface area contributed by atoms with Crippen molar-refractivity contribution in [2.75, 3.05) is 0 Å². The van der Waals surface area contributed by atoms with Crippen LogP contribution in [-0.4, -0.2) is 19.1 Å². The average Bonchev–Trinajstić information content (AvgIpc) is 1.22. The molecule has 94 heavy (non-hydrogen) atoms. The monoisotopic (exact) mass is 1200 g/mol. The van der Waals surface area contributed by atoms with Gasteiger partial charge in [-0.15, -0.1) is 0 Å². The van der Waals surface area contributed by atoms with E-state index in [0.717, 1.165) is 178 Å². The van der Waals surface area contributed by atoms with Crippen LogP contribution >= 0.6 is 0 Å². The van der Waals surface area contributed by atoms with Crippen LogP contribution in [0.5, 0.6) is 0 Å². The van der Waals surface area contributed by atoms with Crippen molar-refractivity contribution in [2.24, 2.45) is 0 Å². The molecule has 0 aliphatic rings. The number of imidazole rings is 2. The smallest absolute Gasteiger partial charge is 0.145 e. The molecule has 0 amide bonds. The molecule has 14 aromatic carbocycles.